The van der Waals surface area contributed by atoms with Gasteiger partial charge in [-0.3, -0.25) is 4.79 Å². The van der Waals surface area contributed by atoms with Crippen LogP contribution in [0, 0.1) is 0 Å². The third-order valence-corrected chi connectivity index (χ3v) is 7.11. The Bertz CT molecular complexity index is 1060. The molecule has 150 valence electrons. The van der Waals surface area contributed by atoms with Crippen LogP contribution in [0.25, 0.3) is 22.2 Å². The monoisotopic (exact) mass is 407 g/mol. The lowest BCUT2D eigenvalue weighted by molar-refractivity contribution is 0.0884. The van der Waals surface area contributed by atoms with E-state index in [0.29, 0.717) is 17.1 Å². The van der Waals surface area contributed by atoms with E-state index >= 15 is 0 Å². The lowest BCUT2D eigenvalue weighted by Crippen LogP contribution is -2.48. The minimum absolute atomic E-state index is 0.0192. The van der Waals surface area contributed by atoms with Crippen molar-refractivity contribution in [1.29, 1.82) is 0 Å². The van der Waals surface area contributed by atoms with Gasteiger partial charge < -0.3 is 14.8 Å². The molecule has 2 fully saturated rings. The van der Waals surface area contributed by atoms with E-state index in [4.69, 9.17) is 11.6 Å². The number of hydrogen-bond acceptors (Lipinski definition) is 2. The van der Waals surface area contributed by atoms with E-state index in [2.05, 4.69) is 34.0 Å². The van der Waals surface area contributed by atoms with Crippen molar-refractivity contribution in [2.24, 2.45) is 7.05 Å². The summed E-state index contributed by atoms with van der Waals surface area (Å²) in [5.41, 5.74) is 3.70. The first-order chi connectivity index (χ1) is 14.0. The van der Waals surface area contributed by atoms with Crippen LogP contribution in [0.3, 0.4) is 0 Å². The molecule has 4 nitrogen and oxygen atoms in total. The Morgan fingerprint density at radius 3 is 2.41 bits per heavy atom. The van der Waals surface area contributed by atoms with Crippen LogP contribution in [0.2, 0.25) is 5.02 Å². The summed E-state index contributed by atoms with van der Waals surface area (Å²) in [5, 5.41) is 5.00. The molecule has 5 rings (SSSR count). The number of nitrogens with one attached hydrogen (secondary N) is 1. The standard InChI is InChI=1S/C24H26ClN3O/c1-27-18-9-10-19(27)14-17(13-18)26-24(29)22-20-11-8-16(25)12-21(20)28(2)23(22)15-6-4-3-5-7-15/h3-8,11-12,17-19H,9-10,13-14H2,1-2H3,(H,26,29)/t17?,18-,19+. The molecule has 0 aliphatic carbocycles. The Kier molecular flexibility index (Phi) is 4.64. The number of piperidine rings is 1. The molecule has 1 amide bonds. The van der Waals surface area contributed by atoms with Gasteiger partial charge in [-0.05, 0) is 50.4 Å². The summed E-state index contributed by atoms with van der Waals surface area (Å²) in [4.78, 5) is 16.1. The second kappa shape index (κ2) is 7.19. The van der Waals surface area contributed by atoms with Gasteiger partial charge >= 0.3 is 0 Å². The third-order valence-electron chi connectivity index (χ3n) is 6.87. The van der Waals surface area contributed by atoms with Gasteiger partial charge in [0.05, 0.1) is 16.8 Å². The number of rotatable bonds is 3. The van der Waals surface area contributed by atoms with Gasteiger partial charge in [0.2, 0.25) is 0 Å². The number of carbonyl (C=O) groups is 1. The van der Waals surface area contributed by atoms with Crippen LogP contribution in [0.15, 0.2) is 48.5 Å². The molecule has 1 unspecified atom stereocenters. The van der Waals surface area contributed by atoms with Crippen LogP contribution in [-0.2, 0) is 7.05 Å². The Balaban J connectivity index is 1.56. The van der Waals surface area contributed by atoms with Crippen molar-refractivity contribution >= 4 is 28.4 Å². The van der Waals surface area contributed by atoms with E-state index in [0.717, 1.165) is 40.6 Å². The molecular weight excluding hydrogens is 382 g/mol. The van der Waals surface area contributed by atoms with Crippen LogP contribution in [0.4, 0.5) is 0 Å². The van der Waals surface area contributed by atoms with Gasteiger partial charge in [-0.25, -0.2) is 0 Å². The minimum Gasteiger partial charge on any atom is -0.349 e. The highest BCUT2D eigenvalue weighted by Crippen LogP contribution is 2.36. The minimum atomic E-state index is 0.0192. The molecule has 29 heavy (non-hydrogen) atoms. The SMILES string of the molecule is CN1[C@@H]2CC[C@H]1CC(NC(=O)c1c(-c3ccccc3)n(C)c3cc(Cl)ccc13)C2. The topological polar surface area (TPSA) is 37.3 Å². The van der Waals surface area contributed by atoms with Crippen molar-refractivity contribution in [2.45, 2.75) is 43.8 Å². The predicted molar refractivity (Wildman–Crippen MR) is 118 cm³/mol. The number of aryl methyl sites for hydroxylation is 1. The first-order valence-corrected chi connectivity index (χ1v) is 10.8. The van der Waals surface area contributed by atoms with Gasteiger partial charge in [-0.15, -0.1) is 0 Å². The fourth-order valence-corrected chi connectivity index (χ4v) is 5.53. The van der Waals surface area contributed by atoms with E-state index in [1.165, 1.54) is 12.8 Å². The molecule has 3 heterocycles. The largest absolute Gasteiger partial charge is 0.349 e. The molecule has 2 aliphatic heterocycles. The Morgan fingerprint density at radius 1 is 1.03 bits per heavy atom. The quantitative estimate of drug-likeness (QED) is 0.673. The van der Waals surface area contributed by atoms with Crippen LogP contribution in [0.1, 0.15) is 36.0 Å². The summed E-state index contributed by atoms with van der Waals surface area (Å²) in [6.45, 7) is 0. The molecular formula is C24H26ClN3O. The molecule has 2 aliphatic rings. The number of aromatic nitrogens is 1. The van der Waals surface area contributed by atoms with E-state index in [-0.39, 0.29) is 11.9 Å². The third kappa shape index (κ3) is 3.15. The molecule has 0 spiro atoms. The number of benzene rings is 2. The van der Waals surface area contributed by atoms with Crippen molar-refractivity contribution in [3.8, 4) is 11.3 Å². The average Bonchev–Trinajstić information content (AvgIpc) is 3.10. The van der Waals surface area contributed by atoms with E-state index in [1.54, 1.807) is 0 Å². The van der Waals surface area contributed by atoms with Crippen LogP contribution < -0.4 is 5.32 Å². The maximum atomic E-state index is 13.6. The molecule has 3 aromatic rings. The van der Waals surface area contributed by atoms with E-state index < -0.39 is 0 Å². The lowest BCUT2D eigenvalue weighted by atomic mass is 9.97. The van der Waals surface area contributed by atoms with Crippen molar-refractivity contribution < 1.29 is 4.79 Å². The number of carbonyl (C=O) groups excluding carboxylic acids is 1. The zero-order chi connectivity index (χ0) is 20.1. The van der Waals surface area contributed by atoms with Gasteiger partial charge in [0.25, 0.3) is 5.91 Å². The molecule has 5 heteroatoms. The normalized spacial score (nSPS) is 24.2. The second-order valence-corrected chi connectivity index (χ2v) is 8.94. The number of amides is 1. The Labute approximate surface area is 176 Å². The maximum Gasteiger partial charge on any atom is 0.254 e. The summed E-state index contributed by atoms with van der Waals surface area (Å²) in [7, 11) is 4.23. The molecule has 3 atom stereocenters. The zero-order valence-corrected chi connectivity index (χ0v) is 17.6. The maximum absolute atomic E-state index is 13.6. The summed E-state index contributed by atoms with van der Waals surface area (Å²) in [5.74, 6) is 0.0192. The van der Waals surface area contributed by atoms with Crippen LogP contribution >= 0.6 is 11.6 Å². The molecule has 1 N–H and O–H groups in total. The summed E-state index contributed by atoms with van der Waals surface area (Å²) in [6, 6.07) is 17.3. The first-order valence-electron chi connectivity index (χ1n) is 10.4. The van der Waals surface area contributed by atoms with Gasteiger partial charge in [0, 0.05) is 35.6 Å². The highest BCUT2D eigenvalue weighted by Gasteiger charge is 2.39. The predicted octanol–water partition coefficient (Wildman–Crippen LogP) is 4.85. The van der Waals surface area contributed by atoms with E-state index in [9.17, 15) is 4.79 Å². The molecule has 1 aromatic heterocycles. The smallest absolute Gasteiger partial charge is 0.254 e. The van der Waals surface area contributed by atoms with E-state index in [1.807, 2.05) is 43.4 Å². The molecule has 0 saturated carbocycles. The fraction of sp³-hybridized carbons (Fsp3) is 0.375. The average molecular weight is 408 g/mol. The Morgan fingerprint density at radius 2 is 1.72 bits per heavy atom. The summed E-state index contributed by atoms with van der Waals surface area (Å²) >= 11 is 6.27. The lowest BCUT2D eigenvalue weighted by Gasteiger charge is -2.36. The second-order valence-electron chi connectivity index (χ2n) is 8.50. The zero-order valence-electron chi connectivity index (χ0n) is 16.9. The molecule has 0 radical (unpaired) electrons. The molecule has 2 saturated heterocycles. The van der Waals surface area contributed by atoms with Gasteiger partial charge in [0.15, 0.2) is 0 Å². The summed E-state index contributed by atoms with van der Waals surface area (Å²) in [6.07, 6.45) is 4.57. The summed E-state index contributed by atoms with van der Waals surface area (Å²) < 4.78 is 2.09. The molecule has 2 aromatic carbocycles. The number of nitrogens with zero attached hydrogens (tertiary/aromatic N) is 2. The Hall–Kier alpha value is -2.30. The first kappa shape index (κ1) is 18.7. The van der Waals surface area contributed by atoms with Gasteiger partial charge in [0.1, 0.15) is 0 Å². The van der Waals surface area contributed by atoms with Crippen molar-refractivity contribution in [2.75, 3.05) is 7.05 Å². The van der Waals surface area contributed by atoms with Crippen LogP contribution in [0.5, 0.6) is 0 Å². The fourth-order valence-electron chi connectivity index (χ4n) is 5.36. The van der Waals surface area contributed by atoms with Crippen molar-refractivity contribution in [3.63, 3.8) is 0 Å². The molecule has 2 bridgehead atoms. The van der Waals surface area contributed by atoms with Gasteiger partial charge in [-0.1, -0.05) is 48.0 Å². The van der Waals surface area contributed by atoms with Gasteiger partial charge in [-0.2, -0.15) is 0 Å². The number of fused-ring (bicyclic) bond motifs is 3. The van der Waals surface area contributed by atoms with Crippen LogP contribution in [-0.4, -0.2) is 40.5 Å². The highest BCUT2D eigenvalue weighted by atomic mass is 35.5. The highest BCUT2D eigenvalue weighted by molar-refractivity contribution is 6.31. The number of halogens is 1. The van der Waals surface area contributed by atoms with Crippen molar-refractivity contribution in [1.82, 2.24) is 14.8 Å². The van der Waals surface area contributed by atoms with Crippen molar-refractivity contribution in [3.05, 3.63) is 59.1 Å². The number of hydrogen-bond donors (Lipinski definition) is 1.